The summed E-state index contributed by atoms with van der Waals surface area (Å²) in [5, 5.41) is 8.97. The Morgan fingerprint density at radius 1 is 1.14 bits per heavy atom. The largest absolute Gasteiger partial charge is 0.392 e. The lowest BCUT2D eigenvalue weighted by atomic mass is 10.1. The van der Waals surface area contributed by atoms with Crippen LogP contribution in [0.15, 0.2) is 36.7 Å². The Bertz CT molecular complexity index is 415. The summed E-state index contributed by atoms with van der Waals surface area (Å²) in [4.78, 5) is 7.64. The zero-order valence-corrected chi connectivity index (χ0v) is 7.51. The van der Waals surface area contributed by atoms with E-state index < -0.39 is 0 Å². The molecule has 0 unspecified atom stereocenters. The molecule has 0 saturated carbocycles. The number of rotatable bonds is 2. The Labute approximate surface area is 82.1 Å². The summed E-state index contributed by atoms with van der Waals surface area (Å²) in [5.41, 5.74) is 2.82. The highest BCUT2D eigenvalue weighted by Crippen LogP contribution is 2.18. The molecule has 14 heavy (non-hydrogen) atoms. The predicted molar refractivity (Wildman–Crippen MR) is 52.2 cm³/mol. The maximum absolute atomic E-state index is 8.97. The van der Waals surface area contributed by atoms with Gasteiger partial charge >= 0.3 is 0 Å². The van der Waals surface area contributed by atoms with Crippen molar-refractivity contribution in [1.29, 1.82) is 0 Å². The number of nitrogens with zero attached hydrogens (tertiary/aromatic N) is 2. The minimum Gasteiger partial charge on any atom is -0.392 e. The molecule has 0 atom stereocenters. The van der Waals surface area contributed by atoms with Crippen molar-refractivity contribution in [3.8, 4) is 11.1 Å². The molecular formula is C11H9N2O. The van der Waals surface area contributed by atoms with E-state index in [9.17, 15) is 0 Å². The zero-order chi connectivity index (χ0) is 9.80. The number of aliphatic hydroxyl groups is 1. The molecule has 2 rings (SSSR count). The third-order valence-electron chi connectivity index (χ3n) is 1.97. The van der Waals surface area contributed by atoms with Crippen LogP contribution in [0.25, 0.3) is 11.1 Å². The van der Waals surface area contributed by atoms with E-state index in [1.54, 1.807) is 12.4 Å². The fourth-order valence-electron chi connectivity index (χ4n) is 1.26. The van der Waals surface area contributed by atoms with Crippen molar-refractivity contribution in [2.75, 3.05) is 0 Å². The first kappa shape index (κ1) is 8.84. The van der Waals surface area contributed by atoms with Gasteiger partial charge in [0.15, 0.2) is 6.33 Å². The standard InChI is InChI=1S/C11H9N2O/c14-7-9-2-1-3-10(4-9)11-5-12-8-13-6-11/h1-6,14H,7H2. The Morgan fingerprint density at radius 3 is 2.64 bits per heavy atom. The van der Waals surface area contributed by atoms with Crippen molar-refractivity contribution in [2.24, 2.45) is 0 Å². The molecule has 1 radical (unpaired) electrons. The molecule has 0 aliphatic carbocycles. The van der Waals surface area contributed by atoms with Crippen LogP contribution in [0.5, 0.6) is 0 Å². The lowest BCUT2D eigenvalue weighted by molar-refractivity contribution is 0.282. The second-order valence-electron chi connectivity index (χ2n) is 2.93. The summed E-state index contributed by atoms with van der Waals surface area (Å²) in [7, 11) is 0. The molecule has 0 amide bonds. The molecule has 69 valence electrons. The summed E-state index contributed by atoms with van der Waals surface area (Å²) < 4.78 is 0. The van der Waals surface area contributed by atoms with Gasteiger partial charge in [-0.05, 0) is 17.2 Å². The molecule has 3 heteroatoms. The molecule has 1 aromatic heterocycles. The lowest BCUT2D eigenvalue weighted by Crippen LogP contribution is -1.86. The van der Waals surface area contributed by atoms with Crippen molar-refractivity contribution in [2.45, 2.75) is 6.61 Å². The number of benzene rings is 1. The van der Waals surface area contributed by atoms with Crippen LogP contribution in [-0.2, 0) is 6.61 Å². The monoisotopic (exact) mass is 185 g/mol. The highest BCUT2D eigenvalue weighted by Gasteiger charge is 1.98. The number of aliphatic hydroxyl groups excluding tert-OH is 1. The molecule has 2 aromatic rings. The van der Waals surface area contributed by atoms with Crippen molar-refractivity contribution < 1.29 is 5.11 Å². The average Bonchev–Trinajstić information content (AvgIpc) is 2.30. The van der Waals surface area contributed by atoms with Gasteiger partial charge in [0.05, 0.1) is 6.61 Å². The molecule has 0 bridgehead atoms. The predicted octanol–water partition coefficient (Wildman–Crippen LogP) is 1.44. The highest BCUT2D eigenvalue weighted by atomic mass is 16.3. The van der Waals surface area contributed by atoms with Gasteiger partial charge in [0.2, 0.25) is 0 Å². The van der Waals surface area contributed by atoms with Crippen LogP contribution >= 0.6 is 0 Å². The van der Waals surface area contributed by atoms with Crippen molar-refractivity contribution in [1.82, 2.24) is 9.97 Å². The first-order valence-electron chi connectivity index (χ1n) is 4.28. The Hall–Kier alpha value is -1.74. The van der Waals surface area contributed by atoms with E-state index in [0.717, 1.165) is 16.7 Å². The van der Waals surface area contributed by atoms with Crippen LogP contribution in [0.1, 0.15) is 5.56 Å². The summed E-state index contributed by atoms with van der Waals surface area (Å²) in [6.07, 6.45) is 5.88. The number of hydrogen-bond acceptors (Lipinski definition) is 3. The van der Waals surface area contributed by atoms with Crippen LogP contribution < -0.4 is 0 Å². The molecule has 0 saturated heterocycles. The van der Waals surface area contributed by atoms with E-state index in [1.807, 2.05) is 24.3 Å². The fraction of sp³-hybridized carbons (Fsp3) is 0.0909. The second-order valence-corrected chi connectivity index (χ2v) is 2.93. The third kappa shape index (κ3) is 1.78. The molecule has 1 aromatic carbocycles. The molecule has 3 nitrogen and oxygen atoms in total. The first-order chi connectivity index (χ1) is 6.90. The molecule has 0 spiro atoms. The number of hydrogen-bond donors (Lipinski definition) is 1. The maximum Gasteiger partial charge on any atom is 0.197 e. The smallest absolute Gasteiger partial charge is 0.197 e. The molecule has 1 heterocycles. The van der Waals surface area contributed by atoms with E-state index in [-0.39, 0.29) is 6.61 Å². The second kappa shape index (κ2) is 3.98. The first-order valence-corrected chi connectivity index (χ1v) is 4.28. The van der Waals surface area contributed by atoms with Gasteiger partial charge in [-0.25, -0.2) is 9.97 Å². The molecule has 0 fully saturated rings. The minimum absolute atomic E-state index is 0.0493. The Kier molecular flexibility index (Phi) is 2.51. The molecule has 0 aliphatic rings. The molecule has 0 aliphatic heterocycles. The third-order valence-corrected chi connectivity index (χ3v) is 1.97. The maximum atomic E-state index is 8.97. The van der Waals surface area contributed by atoms with E-state index in [2.05, 4.69) is 16.3 Å². The average molecular weight is 185 g/mol. The topological polar surface area (TPSA) is 46.0 Å². The van der Waals surface area contributed by atoms with Crippen LogP contribution in [0.2, 0.25) is 0 Å². The Balaban J connectivity index is 2.42. The summed E-state index contributed by atoms with van der Waals surface area (Å²) >= 11 is 0. The van der Waals surface area contributed by atoms with Crippen LogP contribution in [0.4, 0.5) is 0 Å². The SMILES string of the molecule is OCc1cccc(-c2cn[c]nc2)c1. The summed E-state index contributed by atoms with van der Waals surface area (Å²) in [6, 6.07) is 7.65. The van der Waals surface area contributed by atoms with Gasteiger partial charge in [0.25, 0.3) is 0 Å². The molecule has 1 N–H and O–H groups in total. The molecular weight excluding hydrogens is 176 g/mol. The van der Waals surface area contributed by atoms with Crippen molar-refractivity contribution >= 4 is 0 Å². The van der Waals surface area contributed by atoms with Gasteiger partial charge in [-0.15, -0.1) is 0 Å². The zero-order valence-electron chi connectivity index (χ0n) is 7.51. The summed E-state index contributed by atoms with van der Waals surface area (Å²) in [6.45, 7) is 0.0493. The van der Waals surface area contributed by atoms with Crippen LogP contribution in [0.3, 0.4) is 0 Å². The van der Waals surface area contributed by atoms with Crippen LogP contribution in [-0.4, -0.2) is 15.1 Å². The normalized spacial score (nSPS) is 10.1. The lowest BCUT2D eigenvalue weighted by Gasteiger charge is -2.01. The minimum atomic E-state index is 0.0493. The Morgan fingerprint density at radius 2 is 1.93 bits per heavy atom. The van der Waals surface area contributed by atoms with Gasteiger partial charge in [-0.3, -0.25) is 0 Å². The summed E-state index contributed by atoms with van der Waals surface area (Å²) in [5.74, 6) is 0. The quantitative estimate of drug-likeness (QED) is 0.770. The van der Waals surface area contributed by atoms with Gasteiger partial charge < -0.3 is 5.11 Å². The van der Waals surface area contributed by atoms with E-state index in [0.29, 0.717) is 0 Å². The highest BCUT2D eigenvalue weighted by molar-refractivity contribution is 5.61. The van der Waals surface area contributed by atoms with Gasteiger partial charge in [0.1, 0.15) is 0 Å². The van der Waals surface area contributed by atoms with E-state index in [4.69, 9.17) is 5.11 Å². The van der Waals surface area contributed by atoms with E-state index >= 15 is 0 Å². The number of aromatic nitrogens is 2. The van der Waals surface area contributed by atoms with Gasteiger partial charge in [-0.2, -0.15) is 0 Å². The van der Waals surface area contributed by atoms with Gasteiger partial charge in [0, 0.05) is 18.0 Å². The van der Waals surface area contributed by atoms with E-state index in [1.165, 1.54) is 0 Å². The van der Waals surface area contributed by atoms with Crippen molar-refractivity contribution in [3.05, 3.63) is 48.5 Å². The van der Waals surface area contributed by atoms with Crippen LogP contribution in [0, 0.1) is 6.33 Å². The van der Waals surface area contributed by atoms with Crippen molar-refractivity contribution in [3.63, 3.8) is 0 Å². The van der Waals surface area contributed by atoms with Gasteiger partial charge in [-0.1, -0.05) is 18.2 Å². The fourth-order valence-corrected chi connectivity index (χ4v) is 1.26.